The average molecular weight is 241 g/mol. The van der Waals surface area contributed by atoms with Crippen molar-refractivity contribution in [3.63, 3.8) is 0 Å². The molecule has 2 rings (SSSR count). The normalized spacial score (nSPS) is 24.9. The molecule has 1 unspecified atom stereocenters. The lowest BCUT2D eigenvalue weighted by molar-refractivity contribution is 0.215. The molecular weight excluding hydrogens is 218 g/mol. The Kier molecular flexibility index (Phi) is 4.97. The minimum atomic E-state index is 0.530. The van der Waals surface area contributed by atoms with Gasteiger partial charge in [-0.25, -0.2) is 0 Å². The number of rotatable bonds is 3. The number of aliphatic imine (C=N–C) groups is 1. The predicted octanol–water partition coefficient (Wildman–Crippen LogP) is 1.94. The van der Waals surface area contributed by atoms with Crippen LogP contribution in [0.25, 0.3) is 0 Å². The first-order valence-electron chi connectivity index (χ1n) is 6.51. The van der Waals surface area contributed by atoms with Gasteiger partial charge in [0.25, 0.3) is 0 Å². The monoisotopic (exact) mass is 241 g/mol. The molecule has 0 radical (unpaired) electrons. The van der Waals surface area contributed by atoms with Gasteiger partial charge in [-0.15, -0.1) is 0 Å². The molecule has 0 amide bonds. The molecule has 4 heteroatoms. The summed E-state index contributed by atoms with van der Waals surface area (Å²) in [6, 6.07) is 0.530. The zero-order valence-electron chi connectivity index (χ0n) is 10.2. The number of amidine groups is 1. The van der Waals surface area contributed by atoms with Gasteiger partial charge in [0, 0.05) is 24.9 Å². The molecule has 2 aliphatic heterocycles. The fourth-order valence-electron chi connectivity index (χ4n) is 2.33. The molecule has 3 nitrogen and oxygen atoms in total. The summed E-state index contributed by atoms with van der Waals surface area (Å²) in [6.45, 7) is 7.01. The van der Waals surface area contributed by atoms with Crippen molar-refractivity contribution in [3.8, 4) is 0 Å². The minimum Gasteiger partial charge on any atom is -0.361 e. The van der Waals surface area contributed by atoms with E-state index >= 15 is 0 Å². The van der Waals surface area contributed by atoms with E-state index in [1.807, 2.05) is 11.8 Å². The van der Waals surface area contributed by atoms with Crippen LogP contribution in [0.4, 0.5) is 0 Å². The molecular formula is C12H23N3S. The first-order valence-corrected chi connectivity index (χ1v) is 7.49. The van der Waals surface area contributed by atoms with E-state index in [2.05, 4.69) is 22.1 Å². The molecule has 16 heavy (non-hydrogen) atoms. The van der Waals surface area contributed by atoms with E-state index in [1.54, 1.807) is 0 Å². The van der Waals surface area contributed by atoms with Gasteiger partial charge in [-0.3, -0.25) is 4.99 Å². The van der Waals surface area contributed by atoms with Crippen LogP contribution >= 0.6 is 11.8 Å². The van der Waals surface area contributed by atoms with E-state index in [4.69, 9.17) is 0 Å². The molecule has 0 spiro atoms. The van der Waals surface area contributed by atoms with Gasteiger partial charge in [0.15, 0.2) is 5.17 Å². The third kappa shape index (κ3) is 3.98. The van der Waals surface area contributed by atoms with Crippen LogP contribution < -0.4 is 5.32 Å². The van der Waals surface area contributed by atoms with E-state index in [0.717, 1.165) is 11.7 Å². The van der Waals surface area contributed by atoms with E-state index in [9.17, 15) is 0 Å². The SMILES string of the molecule is CC(CN1CCCCC1)NC1=NCCCS1. The Hall–Kier alpha value is -0.220. The van der Waals surface area contributed by atoms with E-state index in [0.29, 0.717) is 6.04 Å². The molecule has 1 atom stereocenters. The molecule has 1 fully saturated rings. The van der Waals surface area contributed by atoms with Gasteiger partial charge in [0.2, 0.25) is 0 Å². The van der Waals surface area contributed by atoms with Gasteiger partial charge in [-0.2, -0.15) is 0 Å². The highest BCUT2D eigenvalue weighted by molar-refractivity contribution is 8.13. The van der Waals surface area contributed by atoms with E-state index < -0.39 is 0 Å². The Balaban J connectivity index is 1.70. The van der Waals surface area contributed by atoms with Gasteiger partial charge in [0.1, 0.15) is 0 Å². The average Bonchev–Trinajstić information content (AvgIpc) is 2.31. The minimum absolute atomic E-state index is 0.530. The largest absolute Gasteiger partial charge is 0.361 e. The molecule has 0 aromatic carbocycles. The summed E-state index contributed by atoms with van der Waals surface area (Å²) in [5.41, 5.74) is 0. The highest BCUT2D eigenvalue weighted by atomic mass is 32.2. The number of likely N-dealkylation sites (tertiary alicyclic amines) is 1. The number of piperidine rings is 1. The predicted molar refractivity (Wildman–Crippen MR) is 72.3 cm³/mol. The van der Waals surface area contributed by atoms with Crippen molar-refractivity contribution in [2.75, 3.05) is 31.9 Å². The summed E-state index contributed by atoms with van der Waals surface area (Å²) < 4.78 is 0. The highest BCUT2D eigenvalue weighted by Crippen LogP contribution is 2.12. The number of thioether (sulfide) groups is 1. The van der Waals surface area contributed by atoms with Crippen LogP contribution in [-0.4, -0.2) is 48.0 Å². The lowest BCUT2D eigenvalue weighted by Crippen LogP contribution is -2.43. The van der Waals surface area contributed by atoms with Crippen molar-refractivity contribution in [3.05, 3.63) is 0 Å². The maximum atomic E-state index is 4.51. The van der Waals surface area contributed by atoms with Crippen LogP contribution in [0.2, 0.25) is 0 Å². The summed E-state index contributed by atoms with van der Waals surface area (Å²) in [5, 5.41) is 4.70. The maximum absolute atomic E-state index is 4.51. The van der Waals surface area contributed by atoms with E-state index in [-0.39, 0.29) is 0 Å². The smallest absolute Gasteiger partial charge is 0.156 e. The zero-order valence-corrected chi connectivity index (χ0v) is 11.1. The molecule has 0 saturated carbocycles. The summed E-state index contributed by atoms with van der Waals surface area (Å²) >= 11 is 1.87. The summed E-state index contributed by atoms with van der Waals surface area (Å²) in [4.78, 5) is 7.09. The third-order valence-electron chi connectivity index (χ3n) is 3.15. The van der Waals surface area contributed by atoms with Crippen LogP contribution in [0.1, 0.15) is 32.6 Å². The Labute approximate surface area is 103 Å². The Bertz CT molecular complexity index is 236. The van der Waals surface area contributed by atoms with Gasteiger partial charge in [-0.05, 0) is 39.3 Å². The van der Waals surface area contributed by atoms with Crippen molar-refractivity contribution in [2.24, 2.45) is 4.99 Å². The van der Waals surface area contributed by atoms with Crippen molar-refractivity contribution in [1.82, 2.24) is 10.2 Å². The van der Waals surface area contributed by atoms with Crippen LogP contribution in [0.15, 0.2) is 4.99 Å². The number of nitrogens with one attached hydrogen (secondary N) is 1. The fourth-order valence-corrected chi connectivity index (χ4v) is 3.27. The van der Waals surface area contributed by atoms with Crippen molar-refractivity contribution in [1.29, 1.82) is 0 Å². The first kappa shape index (κ1) is 12.2. The molecule has 0 aromatic heterocycles. The summed E-state index contributed by atoms with van der Waals surface area (Å²) in [7, 11) is 0. The Morgan fingerprint density at radius 1 is 1.31 bits per heavy atom. The standard InChI is InChI=1S/C12H23N3S/c1-11(10-15-7-3-2-4-8-15)14-12-13-6-5-9-16-12/h11H,2-10H2,1H3,(H,13,14). The zero-order chi connectivity index (χ0) is 11.2. The second-order valence-electron chi connectivity index (χ2n) is 4.80. The van der Waals surface area contributed by atoms with Crippen LogP contribution in [0, 0.1) is 0 Å². The molecule has 1 N–H and O–H groups in total. The number of hydrogen-bond donors (Lipinski definition) is 1. The maximum Gasteiger partial charge on any atom is 0.156 e. The quantitative estimate of drug-likeness (QED) is 0.818. The molecule has 1 saturated heterocycles. The molecule has 92 valence electrons. The van der Waals surface area contributed by atoms with Crippen LogP contribution in [-0.2, 0) is 0 Å². The Morgan fingerprint density at radius 3 is 2.81 bits per heavy atom. The first-order chi connectivity index (χ1) is 7.84. The summed E-state index contributed by atoms with van der Waals surface area (Å²) in [5.74, 6) is 1.22. The second-order valence-corrected chi connectivity index (χ2v) is 5.88. The molecule has 0 aliphatic carbocycles. The van der Waals surface area contributed by atoms with Gasteiger partial charge in [0.05, 0.1) is 0 Å². The van der Waals surface area contributed by atoms with Crippen molar-refractivity contribution in [2.45, 2.75) is 38.6 Å². The van der Waals surface area contributed by atoms with Gasteiger partial charge >= 0.3 is 0 Å². The second kappa shape index (κ2) is 6.50. The summed E-state index contributed by atoms with van der Waals surface area (Å²) in [6.07, 6.45) is 5.40. The van der Waals surface area contributed by atoms with Crippen LogP contribution in [0.3, 0.4) is 0 Å². The lowest BCUT2D eigenvalue weighted by atomic mass is 10.1. The third-order valence-corrected chi connectivity index (χ3v) is 4.16. The lowest BCUT2D eigenvalue weighted by Gasteiger charge is -2.30. The highest BCUT2D eigenvalue weighted by Gasteiger charge is 2.15. The fraction of sp³-hybridized carbons (Fsp3) is 0.917. The topological polar surface area (TPSA) is 27.6 Å². The van der Waals surface area contributed by atoms with Crippen molar-refractivity contribution >= 4 is 16.9 Å². The van der Waals surface area contributed by atoms with Crippen LogP contribution in [0.5, 0.6) is 0 Å². The molecule has 2 heterocycles. The molecule has 2 aliphatic rings. The van der Waals surface area contributed by atoms with Gasteiger partial charge < -0.3 is 10.2 Å². The molecule has 0 aromatic rings. The number of nitrogens with zero attached hydrogens (tertiary/aromatic N) is 2. The Morgan fingerprint density at radius 2 is 2.12 bits per heavy atom. The number of hydrogen-bond acceptors (Lipinski definition) is 4. The molecule has 0 bridgehead atoms. The van der Waals surface area contributed by atoms with E-state index in [1.165, 1.54) is 51.1 Å². The van der Waals surface area contributed by atoms with Gasteiger partial charge in [-0.1, -0.05) is 18.2 Å². The van der Waals surface area contributed by atoms with Crippen molar-refractivity contribution < 1.29 is 0 Å².